The highest BCUT2D eigenvalue weighted by Gasteiger charge is 2.11. The molecule has 3 rings (SSSR count). The van der Waals surface area contributed by atoms with E-state index in [2.05, 4.69) is 13.2 Å². The van der Waals surface area contributed by atoms with Gasteiger partial charge in [-0.1, -0.05) is 86.4 Å². The second-order valence-corrected chi connectivity index (χ2v) is 11.1. The Morgan fingerprint density at radius 3 is 1.26 bits per heavy atom. The maximum atomic E-state index is 11.3. The Balaban J connectivity index is 1.89. The summed E-state index contributed by atoms with van der Waals surface area (Å²) in [7, 11) is 0. The molecule has 0 unspecified atom stereocenters. The maximum absolute atomic E-state index is 11.3. The number of aromatic carboxylic acids is 2. The van der Waals surface area contributed by atoms with Gasteiger partial charge in [0.05, 0.1) is 24.3 Å². The molecule has 242 valence electrons. The Labute approximate surface area is 273 Å². The number of allylic oxidation sites excluding steroid dienone is 2. The number of hydrogen-bond donors (Lipinski definition) is 2. The predicted molar refractivity (Wildman–Crippen MR) is 189 cm³/mol. The summed E-state index contributed by atoms with van der Waals surface area (Å²) in [5, 5.41) is 18.5. The fourth-order valence-corrected chi connectivity index (χ4v) is 4.80. The van der Waals surface area contributed by atoms with Crippen LogP contribution in [0, 0.1) is 0 Å². The molecular weight excluding hydrogens is 576 g/mol. The van der Waals surface area contributed by atoms with Crippen LogP contribution in [0.2, 0.25) is 0 Å². The number of carbonyl (C=O) groups is 2. The smallest absolute Gasteiger partial charge is 0.335 e. The Morgan fingerprint density at radius 2 is 0.913 bits per heavy atom. The summed E-state index contributed by atoms with van der Waals surface area (Å²) in [5.74, 6) is -0.469. The first-order chi connectivity index (χ1) is 22.4. The minimum absolute atomic E-state index is 0.239. The third kappa shape index (κ3) is 12.6. The number of ether oxygens (including phenoxy) is 2. The van der Waals surface area contributed by atoms with Crippen molar-refractivity contribution in [3.8, 4) is 11.5 Å². The van der Waals surface area contributed by atoms with Gasteiger partial charge in [0.2, 0.25) is 0 Å². The lowest BCUT2D eigenvalue weighted by atomic mass is 10.0. The van der Waals surface area contributed by atoms with Gasteiger partial charge in [-0.15, -0.1) is 13.2 Å². The quantitative estimate of drug-likeness (QED) is 0.0658. The fraction of sp³-hybridized carbons (Fsp3) is 0.300. The van der Waals surface area contributed by atoms with Gasteiger partial charge in [-0.2, -0.15) is 0 Å². The summed E-state index contributed by atoms with van der Waals surface area (Å²) in [6.07, 6.45) is 22.3. The molecule has 0 bridgehead atoms. The van der Waals surface area contributed by atoms with Crippen LogP contribution in [0.5, 0.6) is 11.5 Å². The van der Waals surface area contributed by atoms with E-state index in [0.29, 0.717) is 13.2 Å². The van der Waals surface area contributed by atoms with Crippen LogP contribution in [0.25, 0.3) is 24.3 Å². The van der Waals surface area contributed by atoms with Gasteiger partial charge in [-0.25, -0.2) is 9.59 Å². The van der Waals surface area contributed by atoms with Crippen LogP contribution in [0.1, 0.15) is 107 Å². The zero-order valence-corrected chi connectivity index (χ0v) is 26.7. The van der Waals surface area contributed by atoms with Crippen molar-refractivity contribution in [3.63, 3.8) is 0 Å². The zero-order chi connectivity index (χ0) is 33.0. The van der Waals surface area contributed by atoms with Crippen molar-refractivity contribution in [3.05, 3.63) is 119 Å². The normalized spacial score (nSPS) is 11.1. The SMILES string of the molecule is C=CCCCCCCOc1cc(/C=C/c2ccc(C(=O)O)cc2)c(OCCCCCCC=C)cc1/C=C/c1ccc(C(=O)O)cc1. The predicted octanol–water partition coefficient (Wildman–Crippen LogP) is 10.5. The molecule has 46 heavy (non-hydrogen) atoms. The molecule has 0 fully saturated rings. The number of unbranched alkanes of at least 4 members (excludes halogenated alkanes) is 8. The summed E-state index contributed by atoms with van der Waals surface area (Å²) in [6, 6.07) is 17.5. The van der Waals surface area contributed by atoms with Crippen LogP contribution in [0.3, 0.4) is 0 Å². The first kappa shape index (κ1) is 35.6. The van der Waals surface area contributed by atoms with Crippen molar-refractivity contribution in [1.29, 1.82) is 0 Å². The topological polar surface area (TPSA) is 93.1 Å². The van der Waals surface area contributed by atoms with E-state index in [0.717, 1.165) is 98.0 Å². The van der Waals surface area contributed by atoms with E-state index in [4.69, 9.17) is 9.47 Å². The second-order valence-electron chi connectivity index (χ2n) is 11.1. The van der Waals surface area contributed by atoms with Crippen molar-refractivity contribution in [2.75, 3.05) is 13.2 Å². The Bertz CT molecular complexity index is 1350. The number of rotatable bonds is 22. The highest BCUT2D eigenvalue weighted by Crippen LogP contribution is 2.33. The molecule has 6 heteroatoms. The number of benzene rings is 3. The molecule has 6 nitrogen and oxygen atoms in total. The number of carboxylic acid groups (broad SMARTS) is 2. The van der Waals surface area contributed by atoms with E-state index >= 15 is 0 Å². The molecule has 2 N–H and O–H groups in total. The lowest BCUT2D eigenvalue weighted by molar-refractivity contribution is 0.0686. The zero-order valence-electron chi connectivity index (χ0n) is 26.7. The largest absolute Gasteiger partial charge is 0.493 e. The Kier molecular flexibility index (Phi) is 15.7. The third-order valence-corrected chi connectivity index (χ3v) is 7.49. The highest BCUT2D eigenvalue weighted by atomic mass is 16.5. The van der Waals surface area contributed by atoms with Crippen molar-refractivity contribution < 1.29 is 29.3 Å². The van der Waals surface area contributed by atoms with Crippen molar-refractivity contribution in [2.24, 2.45) is 0 Å². The average Bonchev–Trinajstić information content (AvgIpc) is 3.06. The van der Waals surface area contributed by atoms with E-state index < -0.39 is 11.9 Å². The maximum Gasteiger partial charge on any atom is 0.335 e. The second kappa shape index (κ2) is 20.2. The lowest BCUT2D eigenvalue weighted by Gasteiger charge is -2.15. The summed E-state index contributed by atoms with van der Waals surface area (Å²) in [5.41, 5.74) is 3.94. The molecule has 0 aromatic heterocycles. The molecular formula is C40H46O6. The molecule has 0 aliphatic heterocycles. The van der Waals surface area contributed by atoms with Gasteiger partial charge in [0.15, 0.2) is 0 Å². The molecule has 0 amide bonds. The molecule has 0 spiro atoms. The molecule has 0 atom stereocenters. The van der Waals surface area contributed by atoms with Gasteiger partial charge in [0.1, 0.15) is 11.5 Å². The van der Waals surface area contributed by atoms with Crippen LogP contribution in [-0.4, -0.2) is 35.4 Å². The van der Waals surface area contributed by atoms with E-state index in [1.54, 1.807) is 48.5 Å². The summed E-state index contributed by atoms with van der Waals surface area (Å²) >= 11 is 0. The summed E-state index contributed by atoms with van der Waals surface area (Å²) in [6.45, 7) is 8.74. The summed E-state index contributed by atoms with van der Waals surface area (Å²) in [4.78, 5) is 22.6. The molecule has 0 saturated carbocycles. The van der Waals surface area contributed by atoms with Crippen LogP contribution in [-0.2, 0) is 0 Å². The lowest BCUT2D eigenvalue weighted by Crippen LogP contribution is -2.03. The van der Waals surface area contributed by atoms with Gasteiger partial charge in [0, 0.05) is 11.1 Å². The van der Waals surface area contributed by atoms with Crippen LogP contribution in [0.4, 0.5) is 0 Å². The van der Waals surface area contributed by atoms with Gasteiger partial charge in [-0.05, 0) is 86.1 Å². The van der Waals surface area contributed by atoms with Gasteiger partial charge in [-0.3, -0.25) is 0 Å². The third-order valence-electron chi connectivity index (χ3n) is 7.49. The van der Waals surface area contributed by atoms with Gasteiger partial charge in [0.25, 0.3) is 0 Å². The van der Waals surface area contributed by atoms with Crippen molar-refractivity contribution in [2.45, 2.75) is 64.2 Å². The van der Waals surface area contributed by atoms with Crippen LogP contribution >= 0.6 is 0 Å². The molecule has 0 aliphatic rings. The molecule has 0 radical (unpaired) electrons. The Morgan fingerprint density at radius 1 is 0.543 bits per heavy atom. The molecule has 3 aromatic carbocycles. The number of hydrogen-bond acceptors (Lipinski definition) is 4. The molecule has 0 heterocycles. The average molecular weight is 623 g/mol. The molecule has 0 aliphatic carbocycles. The molecule has 0 saturated heterocycles. The minimum Gasteiger partial charge on any atom is -0.493 e. The van der Waals surface area contributed by atoms with Crippen LogP contribution in [0.15, 0.2) is 86.0 Å². The standard InChI is InChI=1S/C40H46O6/c1-3-5-7-9-11-13-27-45-37-29-36(26-20-32-17-23-34(24-18-32)40(43)44)38(46-28-14-12-10-8-6-4-2)30-35(37)25-19-31-15-21-33(22-16-31)39(41)42/h3-4,15-26,29-30H,1-2,5-14,27-28H2,(H,41,42)(H,43,44)/b25-19+,26-20+. The first-order valence-corrected chi connectivity index (χ1v) is 16.1. The van der Waals surface area contributed by atoms with E-state index in [9.17, 15) is 19.8 Å². The monoisotopic (exact) mass is 622 g/mol. The number of carboxylic acids is 2. The van der Waals surface area contributed by atoms with E-state index in [1.165, 1.54) is 0 Å². The minimum atomic E-state index is -0.959. The first-order valence-electron chi connectivity index (χ1n) is 16.1. The van der Waals surface area contributed by atoms with E-state index in [-0.39, 0.29) is 11.1 Å². The van der Waals surface area contributed by atoms with E-state index in [1.807, 2.05) is 48.6 Å². The Hall–Kier alpha value is -4.84. The van der Waals surface area contributed by atoms with Gasteiger partial charge >= 0.3 is 11.9 Å². The molecule has 3 aromatic rings. The fourth-order valence-electron chi connectivity index (χ4n) is 4.80. The highest BCUT2D eigenvalue weighted by molar-refractivity contribution is 5.89. The summed E-state index contributed by atoms with van der Waals surface area (Å²) < 4.78 is 12.7. The van der Waals surface area contributed by atoms with Crippen molar-refractivity contribution >= 4 is 36.2 Å². The van der Waals surface area contributed by atoms with Crippen LogP contribution < -0.4 is 9.47 Å². The van der Waals surface area contributed by atoms with Gasteiger partial charge < -0.3 is 19.7 Å². The van der Waals surface area contributed by atoms with Crippen molar-refractivity contribution in [1.82, 2.24) is 0 Å².